The summed E-state index contributed by atoms with van der Waals surface area (Å²) in [5, 5.41) is 0. The highest BCUT2D eigenvalue weighted by Gasteiger charge is 2.26. The van der Waals surface area contributed by atoms with E-state index in [1.54, 1.807) is 12.4 Å². The van der Waals surface area contributed by atoms with Gasteiger partial charge in [-0.05, 0) is 69.5 Å². The summed E-state index contributed by atoms with van der Waals surface area (Å²) < 4.78 is 6.02. The van der Waals surface area contributed by atoms with Gasteiger partial charge in [-0.15, -0.1) is 0 Å². The summed E-state index contributed by atoms with van der Waals surface area (Å²) in [6, 6.07) is 3.85. The first kappa shape index (κ1) is 17.2. The van der Waals surface area contributed by atoms with Gasteiger partial charge in [-0.3, -0.25) is 9.78 Å². The van der Waals surface area contributed by atoms with Crippen molar-refractivity contribution in [1.82, 2.24) is 9.88 Å². The number of ether oxygens (including phenoxy) is 1. The number of likely N-dealkylation sites (tertiary alicyclic amines) is 1. The van der Waals surface area contributed by atoms with Crippen LogP contribution in [-0.4, -0.2) is 41.5 Å². The maximum absolute atomic E-state index is 11.2. The van der Waals surface area contributed by atoms with Crippen LogP contribution in [0.5, 0.6) is 5.75 Å². The Morgan fingerprint density at radius 1 is 1.12 bits per heavy atom. The molecule has 5 nitrogen and oxygen atoms in total. The lowest BCUT2D eigenvalue weighted by Crippen LogP contribution is -2.39. The van der Waals surface area contributed by atoms with Gasteiger partial charge in [-0.25, -0.2) is 0 Å². The summed E-state index contributed by atoms with van der Waals surface area (Å²) in [6.07, 6.45) is 11.6. The van der Waals surface area contributed by atoms with Gasteiger partial charge in [0, 0.05) is 31.4 Å². The number of hydrogen-bond donors (Lipinski definition) is 1. The molecule has 2 fully saturated rings. The molecule has 1 aliphatic carbocycles. The fourth-order valence-corrected chi connectivity index (χ4v) is 3.96. The van der Waals surface area contributed by atoms with E-state index in [1.165, 1.54) is 13.0 Å². The first-order chi connectivity index (χ1) is 11.7. The zero-order valence-corrected chi connectivity index (χ0v) is 14.4. The van der Waals surface area contributed by atoms with Gasteiger partial charge in [0.15, 0.2) is 0 Å². The molecule has 1 saturated carbocycles. The van der Waals surface area contributed by atoms with Crippen LogP contribution in [0.3, 0.4) is 0 Å². The molecule has 5 heteroatoms. The van der Waals surface area contributed by atoms with E-state index in [-0.39, 0.29) is 11.8 Å². The Morgan fingerprint density at radius 2 is 1.79 bits per heavy atom. The zero-order valence-electron chi connectivity index (χ0n) is 14.4. The third-order valence-corrected chi connectivity index (χ3v) is 5.59. The van der Waals surface area contributed by atoms with Crippen LogP contribution in [0.15, 0.2) is 24.5 Å². The molecular formula is C19H29N3O2. The highest BCUT2D eigenvalue weighted by molar-refractivity contribution is 5.76. The number of carbonyl (C=O) groups is 1. The molecule has 132 valence electrons. The molecule has 2 aliphatic rings. The summed E-state index contributed by atoms with van der Waals surface area (Å²) in [5.41, 5.74) is 5.41. The zero-order chi connectivity index (χ0) is 16.8. The minimum absolute atomic E-state index is 0.107. The van der Waals surface area contributed by atoms with Crippen molar-refractivity contribution < 1.29 is 9.53 Å². The maximum atomic E-state index is 11.2. The van der Waals surface area contributed by atoms with Crippen LogP contribution in [0.2, 0.25) is 0 Å². The van der Waals surface area contributed by atoms with E-state index in [2.05, 4.69) is 9.88 Å². The summed E-state index contributed by atoms with van der Waals surface area (Å²) in [7, 11) is 0. The van der Waals surface area contributed by atoms with E-state index in [1.807, 2.05) is 12.1 Å². The van der Waals surface area contributed by atoms with Gasteiger partial charge >= 0.3 is 0 Å². The van der Waals surface area contributed by atoms with Crippen molar-refractivity contribution >= 4 is 5.91 Å². The van der Waals surface area contributed by atoms with Crippen LogP contribution >= 0.6 is 0 Å². The van der Waals surface area contributed by atoms with E-state index in [0.29, 0.717) is 6.10 Å². The molecule has 0 radical (unpaired) electrons. The number of aromatic nitrogens is 1. The summed E-state index contributed by atoms with van der Waals surface area (Å²) in [5.74, 6) is 1.72. The van der Waals surface area contributed by atoms with E-state index in [9.17, 15) is 4.79 Å². The molecule has 0 atom stereocenters. The molecule has 24 heavy (non-hydrogen) atoms. The predicted molar refractivity (Wildman–Crippen MR) is 93.6 cm³/mol. The summed E-state index contributed by atoms with van der Waals surface area (Å²) in [4.78, 5) is 17.8. The molecule has 1 aliphatic heterocycles. The topological polar surface area (TPSA) is 68.5 Å². The number of hydrogen-bond acceptors (Lipinski definition) is 4. The van der Waals surface area contributed by atoms with Gasteiger partial charge in [-0.1, -0.05) is 0 Å². The average Bonchev–Trinajstić information content (AvgIpc) is 2.62. The third kappa shape index (κ3) is 4.94. The Kier molecular flexibility index (Phi) is 6.07. The van der Waals surface area contributed by atoms with Gasteiger partial charge in [0.1, 0.15) is 11.9 Å². The van der Waals surface area contributed by atoms with Crippen molar-refractivity contribution in [2.24, 2.45) is 17.6 Å². The minimum Gasteiger partial charge on any atom is -0.490 e. The number of piperidine rings is 1. The van der Waals surface area contributed by atoms with Gasteiger partial charge < -0.3 is 15.4 Å². The van der Waals surface area contributed by atoms with Crippen molar-refractivity contribution in [3.05, 3.63) is 24.5 Å². The monoisotopic (exact) mass is 331 g/mol. The van der Waals surface area contributed by atoms with Crippen molar-refractivity contribution in [3.8, 4) is 5.75 Å². The standard InChI is InChI=1S/C19H29N3O2/c20-19(23)16-3-1-15(2-4-16)7-12-22-13-8-18(9-14-22)24-17-5-10-21-11-6-17/h5-6,10-11,15-16,18H,1-4,7-9,12-14H2,(H2,20,23). The lowest BCUT2D eigenvalue weighted by atomic mass is 9.80. The first-order valence-corrected chi connectivity index (χ1v) is 9.29. The van der Waals surface area contributed by atoms with Gasteiger partial charge in [0.25, 0.3) is 0 Å². The van der Waals surface area contributed by atoms with Gasteiger partial charge in [0.05, 0.1) is 0 Å². The van der Waals surface area contributed by atoms with E-state index in [4.69, 9.17) is 10.5 Å². The molecular weight excluding hydrogens is 302 g/mol. The van der Waals surface area contributed by atoms with Gasteiger partial charge in [-0.2, -0.15) is 0 Å². The van der Waals surface area contributed by atoms with Crippen LogP contribution < -0.4 is 10.5 Å². The van der Waals surface area contributed by atoms with Crippen molar-refractivity contribution in [2.75, 3.05) is 19.6 Å². The molecule has 2 heterocycles. The number of nitrogens with two attached hydrogens (primary N) is 1. The van der Waals surface area contributed by atoms with Crippen LogP contribution in [0.4, 0.5) is 0 Å². The second-order valence-corrected chi connectivity index (χ2v) is 7.25. The Morgan fingerprint density at radius 3 is 2.42 bits per heavy atom. The Labute approximate surface area is 144 Å². The number of primary amides is 1. The quantitative estimate of drug-likeness (QED) is 0.870. The Bertz CT molecular complexity index is 507. The molecule has 0 aromatic carbocycles. The first-order valence-electron chi connectivity index (χ1n) is 9.29. The number of amides is 1. The van der Waals surface area contributed by atoms with Crippen molar-refractivity contribution in [1.29, 1.82) is 0 Å². The fraction of sp³-hybridized carbons (Fsp3) is 0.684. The van der Waals surface area contributed by atoms with E-state index < -0.39 is 0 Å². The van der Waals surface area contributed by atoms with Crippen molar-refractivity contribution in [2.45, 2.75) is 51.0 Å². The van der Waals surface area contributed by atoms with Crippen LogP contribution in [0.25, 0.3) is 0 Å². The second-order valence-electron chi connectivity index (χ2n) is 7.25. The van der Waals surface area contributed by atoms with Crippen LogP contribution in [0.1, 0.15) is 44.9 Å². The smallest absolute Gasteiger partial charge is 0.220 e. The molecule has 0 unspecified atom stereocenters. The molecule has 1 aromatic heterocycles. The molecule has 1 amide bonds. The van der Waals surface area contributed by atoms with Crippen LogP contribution in [-0.2, 0) is 4.79 Å². The molecule has 1 aromatic rings. The minimum atomic E-state index is -0.107. The van der Waals surface area contributed by atoms with E-state index in [0.717, 1.165) is 63.3 Å². The normalized spacial score (nSPS) is 26.2. The number of pyridine rings is 1. The highest BCUT2D eigenvalue weighted by Crippen LogP contribution is 2.31. The third-order valence-electron chi connectivity index (χ3n) is 5.59. The number of carbonyl (C=O) groups excluding carboxylic acids is 1. The average molecular weight is 331 g/mol. The largest absolute Gasteiger partial charge is 0.490 e. The molecule has 0 spiro atoms. The number of nitrogens with zero attached hydrogens (tertiary/aromatic N) is 2. The lowest BCUT2D eigenvalue weighted by Gasteiger charge is -2.34. The Balaban J connectivity index is 1.32. The predicted octanol–water partition coefficient (Wildman–Crippen LogP) is 2.61. The van der Waals surface area contributed by atoms with Crippen molar-refractivity contribution in [3.63, 3.8) is 0 Å². The summed E-state index contributed by atoms with van der Waals surface area (Å²) in [6.45, 7) is 3.41. The molecule has 2 N–H and O–H groups in total. The number of rotatable bonds is 6. The second kappa shape index (κ2) is 8.47. The Hall–Kier alpha value is -1.62. The summed E-state index contributed by atoms with van der Waals surface area (Å²) >= 11 is 0. The van der Waals surface area contributed by atoms with E-state index >= 15 is 0 Å². The lowest BCUT2D eigenvalue weighted by molar-refractivity contribution is -0.123. The highest BCUT2D eigenvalue weighted by atomic mass is 16.5. The molecule has 1 saturated heterocycles. The SMILES string of the molecule is NC(=O)C1CCC(CCN2CCC(Oc3ccncc3)CC2)CC1. The molecule has 0 bridgehead atoms. The van der Waals surface area contributed by atoms with Gasteiger partial charge in [0.2, 0.25) is 5.91 Å². The molecule has 3 rings (SSSR count). The maximum Gasteiger partial charge on any atom is 0.220 e. The van der Waals surface area contributed by atoms with Crippen LogP contribution in [0, 0.1) is 11.8 Å². The fourth-order valence-electron chi connectivity index (χ4n) is 3.96.